The molecule has 1 rings (SSSR count). The Kier molecular flexibility index (Phi) is 3.44. The van der Waals surface area contributed by atoms with Gasteiger partial charge in [0.25, 0.3) is 0 Å². The van der Waals surface area contributed by atoms with Crippen LogP contribution in [-0.2, 0) is 5.33 Å². The first kappa shape index (κ1) is 9.59. The minimum Gasteiger partial charge on any atom is -0.223 e. The lowest BCUT2D eigenvalue weighted by Gasteiger charge is -2.01. The molecule has 0 bridgehead atoms. The van der Waals surface area contributed by atoms with Crippen molar-refractivity contribution in [3.8, 4) is 0 Å². The summed E-state index contributed by atoms with van der Waals surface area (Å²) in [5.74, 6) is 0. The lowest BCUT2D eigenvalue weighted by atomic mass is 10.3. The van der Waals surface area contributed by atoms with E-state index in [1.165, 1.54) is 0 Å². The van der Waals surface area contributed by atoms with E-state index in [2.05, 4.69) is 20.9 Å². The molecule has 5 heteroatoms. The van der Waals surface area contributed by atoms with E-state index in [-0.39, 0.29) is 5.15 Å². The Labute approximate surface area is 87.8 Å². The van der Waals surface area contributed by atoms with Gasteiger partial charge >= 0.3 is 0 Å². The zero-order valence-electron chi connectivity index (χ0n) is 5.24. The van der Waals surface area contributed by atoms with Crippen LogP contribution in [0.3, 0.4) is 0 Å². The lowest BCUT2D eigenvalue weighted by Crippen LogP contribution is -1.85. The third kappa shape index (κ3) is 2.22. The topological polar surface area (TPSA) is 12.9 Å². The fraction of sp³-hybridized carbons (Fsp3) is 0.167. The summed E-state index contributed by atoms with van der Waals surface area (Å²) in [7, 11) is 0. The normalized spacial score (nSPS) is 10.2. The third-order valence-electron chi connectivity index (χ3n) is 1.11. The Morgan fingerprint density at radius 3 is 2.55 bits per heavy atom. The summed E-state index contributed by atoms with van der Waals surface area (Å²) < 4.78 is 0. The molecule has 0 radical (unpaired) electrons. The summed E-state index contributed by atoms with van der Waals surface area (Å²) in [5, 5.41) is 1.67. The molecule has 0 fully saturated rings. The quantitative estimate of drug-likeness (QED) is 0.559. The highest BCUT2D eigenvalue weighted by atomic mass is 79.9. The van der Waals surface area contributed by atoms with E-state index in [1.54, 1.807) is 6.07 Å². The van der Waals surface area contributed by atoms with Crippen LogP contribution in [0.25, 0.3) is 0 Å². The predicted octanol–water partition coefficient (Wildman–Crippen LogP) is 3.94. The Balaban J connectivity index is 3.24. The maximum Gasteiger partial charge on any atom is 0.149 e. The SMILES string of the molecule is Clc1cc(CBr)c(Cl)c(Cl)n1. The van der Waals surface area contributed by atoms with E-state index < -0.39 is 0 Å². The molecule has 0 aromatic carbocycles. The van der Waals surface area contributed by atoms with Gasteiger partial charge in [0.1, 0.15) is 10.3 Å². The number of hydrogen-bond donors (Lipinski definition) is 0. The maximum absolute atomic E-state index is 5.78. The van der Waals surface area contributed by atoms with Crippen LogP contribution in [0.4, 0.5) is 0 Å². The monoisotopic (exact) mass is 273 g/mol. The molecule has 0 aliphatic rings. The van der Waals surface area contributed by atoms with Gasteiger partial charge in [0, 0.05) is 5.33 Å². The van der Waals surface area contributed by atoms with Crippen LogP contribution in [-0.4, -0.2) is 4.98 Å². The van der Waals surface area contributed by atoms with Gasteiger partial charge in [-0.05, 0) is 11.6 Å². The standard InChI is InChI=1S/C6H3BrCl3N/c7-2-3-1-4(8)11-6(10)5(3)9/h1H,2H2. The minimum atomic E-state index is 0.244. The molecule has 0 aliphatic carbocycles. The lowest BCUT2D eigenvalue weighted by molar-refractivity contribution is 1.28. The predicted molar refractivity (Wildman–Crippen MR) is 51.9 cm³/mol. The van der Waals surface area contributed by atoms with E-state index >= 15 is 0 Å². The van der Waals surface area contributed by atoms with Gasteiger partial charge in [-0.3, -0.25) is 0 Å². The van der Waals surface area contributed by atoms with Gasteiger partial charge in [-0.2, -0.15) is 0 Å². The van der Waals surface area contributed by atoms with Crippen molar-refractivity contribution in [2.24, 2.45) is 0 Å². The molecule has 0 unspecified atom stereocenters. The highest BCUT2D eigenvalue weighted by molar-refractivity contribution is 9.08. The van der Waals surface area contributed by atoms with E-state index in [9.17, 15) is 0 Å². The van der Waals surface area contributed by atoms with Crippen LogP contribution in [0.15, 0.2) is 6.07 Å². The van der Waals surface area contributed by atoms with Gasteiger partial charge in [-0.1, -0.05) is 50.7 Å². The molecule has 0 saturated heterocycles. The first-order valence-corrected chi connectivity index (χ1v) is 4.97. The van der Waals surface area contributed by atoms with Crippen molar-refractivity contribution >= 4 is 50.7 Å². The van der Waals surface area contributed by atoms with Crippen molar-refractivity contribution < 1.29 is 0 Å². The van der Waals surface area contributed by atoms with E-state index in [4.69, 9.17) is 34.8 Å². The largest absolute Gasteiger partial charge is 0.223 e. The van der Waals surface area contributed by atoms with Crippen molar-refractivity contribution in [3.05, 3.63) is 27.0 Å². The number of nitrogens with zero attached hydrogens (tertiary/aromatic N) is 1. The molecule has 11 heavy (non-hydrogen) atoms. The van der Waals surface area contributed by atoms with Crippen LogP contribution < -0.4 is 0 Å². The molecule has 0 N–H and O–H groups in total. The number of rotatable bonds is 1. The Morgan fingerprint density at radius 1 is 1.36 bits per heavy atom. The molecule has 0 saturated carbocycles. The molecule has 1 heterocycles. The molecule has 1 aromatic rings. The van der Waals surface area contributed by atoms with Gasteiger partial charge in [-0.15, -0.1) is 0 Å². The number of hydrogen-bond acceptors (Lipinski definition) is 1. The molecular formula is C6H3BrCl3N. The Hall–Kier alpha value is 0.500. The van der Waals surface area contributed by atoms with Gasteiger partial charge in [0.2, 0.25) is 0 Å². The van der Waals surface area contributed by atoms with E-state index in [0.717, 1.165) is 5.56 Å². The zero-order chi connectivity index (χ0) is 8.43. The fourth-order valence-electron chi connectivity index (χ4n) is 0.612. The van der Waals surface area contributed by atoms with Crippen molar-refractivity contribution in [1.82, 2.24) is 4.98 Å². The van der Waals surface area contributed by atoms with Crippen LogP contribution >= 0.6 is 50.7 Å². The van der Waals surface area contributed by atoms with Gasteiger partial charge in [0.05, 0.1) is 5.02 Å². The molecule has 0 aliphatic heterocycles. The summed E-state index contributed by atoms with van der Waals surface area (Å²) >= 11 is 20.3. The van der Waals surface area contributed by atoms with Crippen molar-refractivity contribution in [3.63, 3.8) is 0 Å². The highest BCUT2D eigenvalue weighted by Crippen LogP contribution is 2.27. The van der Waals surface area contributed by atoms with Crippen molar-refractivity contribution in [2.45, 2.75) is 5.33 Å². The number of halogens is 4. The molecule has 0 amide bonds. The average molecular weight is 275 g/mol. The van der Waals surface area contributed by atoms with Crippen molar-refractivity contribution in [1.29, 1.82) is 0 Å². The molecule has 1 aromatic heterocycles. The van der Waals surface area contributed by atoms with E-state index in [0.29, 0.717) is 15.5 Å². The summed E-state index contributed by atoms with van der Waals surface area (Å²) in [4.78, 5) is 3.76. The fourth-order valence-corrected chi connectivity index (χ4v) is 1.85. The van der Waals surface area contributed by atoms with Crippen LogP contribution in [0.1, 0.15) is 5.56 Å². The molecular weight excluding hydrogens is 272 g/mol. The van der Waals surface area contributed by atoms with E-state index in [1.807, 2.05) is 0 Å². The van der Waals surface area contributed by atoms with Crippen LogP contribution in [0, 0.1) is 0 Å². The van der Waals surface area contributed by atoms with Gasteiger partial charge in [-0.25, -0.2) is 4.98 Å². The maximum atomic E-state index is 5.78. The van der Waals surface area contributed by atoms with Crippen LogP contribution in [0.5, 0.6) is 0 Å². The summed E-state index contributed by atoms with van der Waals surface area (Å²) in [6, 6.07) is 1.67. The van der Waals surface area contributed by atoms with Gasteiger partial charge < -0.3 is 0 Å². The number of pyridine rings is 1. The smallest absolute Gasteiger partial charge is 0.149 e. The Bertz CT molecular complexity index is 277. The summed E-state index contributed by atoms with van der Waals surface area (Å²) in [5.41, 5.74) is 0.844. The number of aromatic nitrogens is 1. The number of alkyl halides is 1. The Morgan fingerprint density at radius 2 is 2.00 bits per heavy atom. The molecule has 0 atom stereocenters. The average Bonchev–Trinajstić information content (AvgIpc) is 1.96. The van der Waals surface area contributed by atoms with Crippen LogP contribution in [0.2, 0.25) is 15.3 Å². The molecule has 60 valence electrons. The second kappa shape index (κ2) is 3.94. The zero-order valence-corrected chi connectivity index (χ0v) is 9.10. The second-order valence-electron chi connectivity index (χ2n) is 1.84. The first-order valence-electron chi connectivity index (χ1n) is 2.71. The van der Waals surface area contributed by atoms with Crippen molar-refractivity contribution in [2.75, 3.05) is 0 Å². The summed E-state index contributed by atoms with van der Waals surface area (Å²) in [6.07, 6.45) is 0. The minimum absolute atomic E-state index is 0.244. The molecule has 0 spiro atoms. The second-order valence-corrected chi connectivity index (χ2v) is 3.53. The van der Waals surface area contributed by atoms with Gasteiger partial charge in [0.15, 0.2) is 0 Å². The third-order valence-corrected chi connectivity index (χ3v) is 2.70. The first-order chi connectivity index (χ1) is 5.15. The highest BCUT2D eigenvalue weighted by Gasteiger charge is 2.06. The summed E-state index contributed by atoms with van der Waals surface area (Å²) in [6.45, 7) is 0. The molecule has 1 nitrogen and oxygen atoms in total.